The van der Waals surface area contributed by atoms with Crippen molar-refractivity contribution >= 4 is 5.82 Å². The smallest absolute Gasteiger partial charge is 0.132 e. The first kappa shape index (κ1) is 14.9. The molecule has 1 N–H and O–H groups in total. The van der Waals surface area contributed by atoms with E-state index in [1.165, 1.54) is 0 Å². The quantitative estimate of drug-likeness (QED) is 0.805. The summed E-state index contributed by atoms with van der Waals surface area (Å²) in [6, 6.07) is 2.07. The molecule has 0 atom stereocenters. The molecule has 4 heteroatoms. The van der Waals surface area contributed by atoms with Crippen molar-refractivity contribution in [1.29, 1.82) is 0 Å². The second-order valence-corrected chi connectivity index (χ2v) is 5.34. The highest BCUT2D eigenvalue weighted by molar-refractivity contribution is 5.36. The molecule has 0 amide bonds. The van der Waals surface area contributed by atoms with Crippen molar-refractivity contribution in [2.45, 2.75) is 33.6 Å². The number of aromatic nitrogens is 2. The standard InChI is InChI=1S/C14H26N4/c1-6-15-14-10-12(9-11(2)3)16-13(17-14)7-8-18(4)5/h10-11H,6-9H2,1-5H3,(H,15,16,17). The highest BCUT2D eigenvalue weighted by atomic mass is 15.1. The maximum atomic E-state index is 4.65. The molecule has 0 aliphatic carbocycles. The summed E-state index contributed by atoms with van der Waals surface area (Å²) in [4.78, 5) is 11.4. The minimum absolute atomic E-state index is 0.621. The van der Waals surface area contributed by atoms with E-state index < -0.39 is 0 Å². The van der Waals surface area contributed by atoms with E-state index in [2.05, 4.69) is 61.1 Å². The predicted octanol–water partition coefficient (Wildman–Crippen LogP) is 2.21. The van der Waals surface area contributed by atoms with Gasteiger partial charge in [0.1, 0.15) is 11.6 Å². The Morgan fingerprint density at radius 2 is 2.00 bits per heavy atom. The summed E-state index contributed by atoms with van der Waals surface area (Å²) in [5.74, 6) is 2.52. The minimum atomic E-state index is 0.621. The average molecular weight is 250 g/mol. The van der Waals surface area contributed by atoms with Gasteiger partial charge in [-0.2, -0.15) is 0 Å². The molecule has 0 aliphatic heterocycles. The Morgan fingerprint density at radius 1 is 1.28 bits per heavy atom. The first-order chi connectivity index (χ1) is 8.51. The van der Waals surface area contributed by atoms with Crippen LogP contribution in [-0.2, 0) is 12.8 Å². The summed E-state index contributed by atoms with van der Waals surface area (Å²) < 4.78 is 0. The molecular formula is C14H26N4. The molecule has 4 nitrogen and oxygen atoms in total. The number of likely N-dealkylation sites (N-methyl/N-ethyl adjacent to an activating group) is 1. The number of nitrogens with zero attached hydrogens (tertiary/aromatic N) is 3. The molecule has 0 aromatic carbocycles. The van der Waals surface area contributed by atoms with Gasteiger partial charge >= 0.3 is 0 Å². The summed E-state index contributed by atoms with van der Waals surface area (Å²) >= 11 is 0. The highest BCUT2D eigenvalue weighted by Crippen LogP contribution is 2.11. The molecule has 18 heavy (non-hydrogen) atoms. The molecule has 1 aromatic rings. The van der Waals surface area contributed by atoms with Crippen molar-refractivity contribution in [3.05, 3.63) is 17.6 Å². The molecule has 0 aliphatic rings. The average Bonchev–Trinajstić information content (AvgIpc) is 2.25. The molecule has 1 heterocycles. The van der Waals surface area contributed by atoms with Crippen molar-refractivity contribution in [3.8, 4) is 0 Å². The Bertz CT molecular complexity index is 361. The summed E-state index contributed by atoms with van der Waals surface area (Å²) in [7, 11) is 4.15. The normalized spacial score (nSPS) is 11.3. The first-order valence-electron chi connectivity index (χ1n) is 6.76. The van der Waals surface area contributed by atoms with Crippen molar-refractivity contribution in [3.63, 3.8) is 0 Å². The van der Waals surface area contributed by atoms with Gasteiger partial charge in [-0.05, 0) is 33.4 Å². The monoisotopic (exact) mass is 250 g/mol. The van der Waals surface area contributed by atoms with Crippen molar-refractivity contribution < 1.29 is 0 Å². The third kappa shape index (κ3) is 5.45. The predicted molar refractivity (Wildman–Crippen MR) is 77.0 cm³/mol. The molecule has 0 saturated heterocycles. The van der Waals surface area contributed by atoms with Crippen LogP contribution in [0.1, 0.15) is 32.3 Å². The van der Waals surface area contributed by atoms with Gasteiger partial charge in [0.25, 0.3) is 0 Å². The third-order valence-electron chi connectivity index (χ3n) is 2.58. The molecule has 0 unspecified atom stereocenters. The number of hydrogen-bond acceptors (Lipinski definition) is 4. The van der Waals surface area contributed by atoms with Gasteiger partial charge < -0.3 is 10.2 Å². The fourth-order valence-corrected chi connectivity index (χ4v) is 1.78. The summed E-state index contributed by atoms with van der Waals surface area (Å²) in [5.41, 5.74) is 1.14. The Hall–Kier alpha value is -1.16. The summed E-state index contributed by atoms with van der Waals surface area (Å²) in [6.07, 6.45) is 1.91. The Balaban J connectivity index is 2.83. The van der Waals surface area contributed by atoms with E-state index in [-0.39, 0.29) is 0 Å². The first-order valence-corrected chi connectivity index (χ1v) is 6.76. The fourth-order valence-electron chi connectivity index (χ4n) is 1.78. The molecule has 0 bridgehead atoms. The van der Waals surface area contributed by atoms with Gasteiger partial charge in [-0.3, -0.25) is 0 Å². The maximum absolute atomic E-state index is 4.65. The molecule has 1 aromatic heterocycles. The lowest BCUT2D eigenvalue weighted by atomic mass is 10.1. The van der Waals surface area contributed by atoms with E-state index in [1.807, 2.05) is 0 Å². The molecular weight excluding hydrogens is 224 g/mol. The van der Waals surface area contributed by atoms with E-state index >= 15 is 0 Å². The van der Waals surface area contributed by atoms with E-state index in [0.717, 1.165) is 43.3 Å². The topological polar surface area (TPSA) is 41.1 Å². The lowest BCUT2D eigenvalue weighted by molar-refractivity contribution is 0.409. The lowest BCUT2D eigenvalue weighted by Gasteiger charge is -2.12. The van der Waals surface area contributed by atoms with Crippen LogP contribution in [0.15, 0.2) is 6.07 Å². The Kier molecular flexibility index (Phi) is 6.05. The van der Waals surface area contributed by atoms with Gasteiger partial charge in [-0.1, -0.05) is 13.8 Å². The SMILES string of the molecule is CCNc1cc(CC(C)C)nc(CCN(C)C)n1. The highest BCUT2D eigenvalue weighted by Gasteiger charge is 2.06. The molecule has 0 radical (unpaired) electrons. The van der Waals surface area contributed by atoms with Crippen molar-refractivity contribution in [2.24, 2.45) is 5.92 Å². The van der Waals surface area contributed by atoms with Gasteiger partial charge in [0.15, 0.2) is 0 Å². The molecule has 102 valence electrons. The van der Waals surface area contributed by atoms with E-state index in [9.17, 15) is 0 Å². The van der Waals surface area contributed by atoms with Crippen LogP contribution in [0.3, 0.4) is 0 Å². The Labute approximate surface area is 111 Å². The van der Waals surface area contributed by atoms with Crippen LogP contribution in [0.5, 0.6) is 0 Å². The lowest BCUT2D eigenvalue weighted by Crippen LogP contribution is -2.17. The van der Waals surface area contributed by atoms with Crippen LogP contribution in [0.2, 0.25) is 0 Å². The minimum Gasteiger partial charge on any atom is -0.370 e. The number of hydrogen-bond donors (Lipinski definition) is 1. The van der Waals surface area contributed by atoms with Crippen molar-refractivity contribution in [2.75, 3.05) is 32.5 Å². The van der Waals surface area contributed by atoms with Gasteiger partial charge in [0.05, 0.1) is 0 Å². The van der Waals surface area contributed by atoms with Crippen LogP contribution in [0.25, 0.3) is 0 Å². The van der Waals surface area contributed by atoms with Crippen LogP contribution >= 0.6 is 0 Å². The zero-order valence-electron chi connectivity index (χ0n) is 12.3. The summed E-state index contributed by atoms with van der Waals surface area (Å²) in [5, 5.41) is 3.28. The van der Waals surface area contributed by atoms with E-state index in [0.29, 0.717) is 5.92 Å². The molecule has 0 spiro atoms. The van der Waals surface area contributed by atoms with Crippen LogP contribution in [0, 0.1) is 5.92 Å². The number of rotatable bonds is 7. The van der Waals surface area contributed by atoms with Gasteiger partial charge in [0.2, 0.25) is 0 Å². The van der Waals surface area contributed by atoms with E-state index in [4.69, 9.17) is 0 Å². The Morgan fingerprint density at radius 3 is 2.56 bits per heavy atom. The van der Waals surface area contributed by atoms with Gasteiger partial charge in [0, 0.05) is 31.3 Å². The van der Waals surface area contributed by atoms with Crippen molar-refractivity contribution in [1.82, 2.24) is 14.9 Å². The molecule has 0 saturated carbocycles. The molecule has 1 rings (SSSR count). The second kappa shape index (κ2) is 7.31. The van der Waals surface area contributed by atoms with E-state index in [1.54, 1.807) is 0 Å². The summed E-state index contributed by atoms with van der Waals surface area (Å²) in [6.45, 7) is 8.40. The second-order valence-electron chi connectivity index (χ2n) is 5.34. The van der Waals surface area contributed by atoms with Gasteiger partial charge in [-0.25, -0.2) is 9.97 Å². The molecule has 0 fully saturated rings. The van der Waals surface area contributed by atoms with Crippen LogP contribution in [0.4, 0.5) is 5.82 Å². The fraction of sp³-hybridized carbons (Fsp3) is 0.714. The number of nitrogens with one attached hydrogen (secondary N) is 1. The maximum Gasteiger partial charge on any atom is 0.132 e. The zero-order valence-corrected chi connectivity index (χ0v) is 12.3. The number of anilines is 1. The van der Waals surface area contributed by atoms with Crippen LogP contribution < -0.4 is 5.32 Å². The zero-order chi connectivity index (χ0) is 13.5. The largest absolute Gasteiger partial charge is 0.370 e. The third-order valence-corrected chi connectivity index (χ3v) is 2.58. The van der Waals surface area contributed by atoms with Crippen LogP contribution in [-0.4, -0.2) is 42.1 Å². The van der Waals surface area contributed by atoms with Gasteiger partial charge in [-0.15, -0.1) is 0 Å².